The zero-order valence-electron chi connectivity index (χ0n) is 17.6. The van der Waals surface area contributed by atoms with Crippen molar-refractivity contribution in [2.45, 2.75) is 51.2 Å². The van der Waals surface area contributed by atoms with E-state index in [1.807, 2.05) is 45.0 Å². The standard InChI is InChI=1S/C24H29NO4/c1-24(2,3)29-23(27)25-14-13-20(16-21(25)22(26)28-4)19-12-8-11-18(15-19)17-9-6-5-7-10-17/h5-12,15,20-21H,13-14,16H2,1-4H3/t20-,21+/m0/s1. The van der Waals surface area contributed by atoms with Gasteiger partial charge in [-0.3, -0.25) is 4.90 Å². The van der Waals surface area contributed by atoms with Crippen LogP contribution in [0.1, 0.15) is 45.1 Å². The van der Waals surface area contributed by atoms with E-state index in [0.717, 1.165) is 17.5 Å². The topological polar surface area (TPSA) is 55.8 Å². The van der Waals surface area contributed by atoms with Crippen LogP contribution in [0.25, 0.3) is 11.1 Å². The Morgan fingerprint density at radius 3 is 2.34 bits per heavy atom. The monoisotopic (exact) mass is 395 g/mol. The van der Waals surface area contributed by atoms with E-state index >= 15 is 0 Å². The smallest absolute Gasteiger partial charge is 0.411 e. The Morgan fingerprint density at radius 2 is 1.69 bits per heavy atom. The summed E-state index contributed by atoms with van der Waals surface area (Å²) in [4.78, 5) is 26.6. The summed E-state index contributed by atoms with van der Waals surface area (Å²) in [5, 5.41) is 0. The van der Waals surface area contributed by atoms with E-state index < -0.39 is 23.7 Å². The van der Waals surface area contributed by atoms with Crippen LogP contribution in [-0.4, -0.2) is 42.3 Å². The van der Waals surface area contributed by atoms with Gasteiger partial charge in [0.15, 0.2) is 0 Å². The van der Waals surface area contributed by atoms with Gasteiger partial charge in [-0.2, -0.15) is 0 Å². The Balaban J connectivity index is 1.81. The molecule has 1 saturated heterocycles. The number of benzene rings is 2. The molecule has 0 radical (unpaired) electrons. The van der Waals surface area contributed by atoms with Gasteiger partial charge in [-0.25, -0.2) is 9.59 Å². The van der Waals surface area contributed by atoms with Crippen LogP contribution in [-0.2, 0) is 14.3 Å². The first kappa shape index (κ1) is 20.9. The number of hydrogen-bond acceptors (Lipinski definition) is 4. The summed E-state index contributed by atoms with van der Waals surface area (Å²) in [6, 6.07) is 18.0. The fourth-order valence-electron chi connectivity index (χ4n) is 3.77. The lowest BCUT2D eigenvalue weighted by atomic mass is 9.84. The highest BCUT2D eigenvalue weighted by molar-refractivity contribution is 5.82. The quantitative estimate of drug-likeness (QED) is 0.686. The summed E-state index contributed by atoms with van der Waals surface area (Å²) < 4.78 is 10.5. The number of rotatable bonds is 3. The maximum absolute atomic E-state index is 12.6. The normalized spacial score (nSPS) is 19.5. The van der Waals surface area contributed by atoms with Crippen molar-refractivity contribution in [2.24, 2.45) is 0 Å². The molecule has 0 saturated carbocycles. The predicted octanol–water partition coefficient (Wildman–Crippen LogP) is 5.01. The lowest BCUT2D eigenvalue weighted by Gasteiger charge is -2.38. The first-order chi connectivity index (χ1) is 13.8. The predicted molar refractivity (Wildman–Crippen MR) is 113 cm³/mol. The van der Waals surface area contributed by atoms with Crippen LogP contribution >= 0.6 is 0 Å². The van der Waals surface area contributed by atoms with Crippen molar-refractivity contribution in [1.29, 1.82) is 0 Å². The minimum Gasteiger partial charge on any atom is -0.467 e. The highest BCUT2D eigenvalue weighted by Crippen LogP contribution is 2.34. The Morgan fingerprint density at radius 1 is 1.00 bits per heavy atom. The summed E-state index contributed by atoms with van der Waals surface area (Å²) in [5.74, 6) is -0.235. The van der Waals surface area contributed by atoms with Gasteiger partial charge < -0.3 is 9.47 Å². The summed E-state index contributed by atoms with van der Waals surface area (Å²) in [5.41, 5.74) is 2.86. The second-order valence-corrected chi connectivity index (χ2v) is 8.43. The molecule has 0 spiro atoms. The second kappa shape index (κ2) is 8.68. The minimum absolute atomic E-state index is 0.168. The molecule has 0 aliphatic carbocycles. The number of methoxy groups -OCH3 is 1. The van der Waals surface area contributed by atoms with Gasteiger partial charge in [-0.05, 0) is 56.2 Å². The molecule has 1 aliphatic heterocycles. The summed E-state index contributed by atoms with van der Waals surface area (Å²) in [6.07, 6.45) is 0.819. The number of piperidine rings is 1. The molecule has 0 bridgehead atoms. The third kappa shape index (κ3) is 5.17. The molecule has 154 valence electrons. The molecule has 2 aromatic rings. The average Bonchev–Trinajstić information content (AvgIpc) is 2.72. The average molecular weight is 395 g/mol. The third-order valence-corrected chi connectivity index (χ3v) is 5.17. The van der Waals surface area contributed by atoms with Crippen molar-refractivity contribution in [3.63, 3.8) is 0 Å². The van der Waals surface area contributed by atoms with Crippen LogP contribution in [0.2, 0.25) is 0 Å². The first-order valence-corrected chi connectivity index (χ1v) is 10.0. The van der Waals surface area contributed by atoms with Gasteiger partial charge in [0.1, 0.15) is 11.6 Å². The SMILES string of the molecule is COC(=O)[C@H]1C[C@@H](c2cccc(-c3ccccc3)c2)CCN1C(=O)OC(C)(C)C. The van der Waals surface area contributed by atoms with Gasteiger partial charge in [0, 0.05) is 6.54 Å². The molecule has 29 heavy (non-hydrogen) atoms. The molecular weight excluding hydrogens is 366 g/mol. The molecule has 0 aromatic heterocycles. The van der Waals surface area contributed by atoms with E-state index in [1.165, 1.54) is 17.6 Å². The molecule has 2 atom stereocenters. The number of carbonyl (C=O) groups excluding carboxylic acids is 2. The maximum Gasteiger partial charge on any atom is 0.411 e. The fourth-order valence-corrected chi connectivity index (χ4v) is 3.77. The Hall–Kier alpha value is -2.82. The van der Waals surface area contributed by atoms with Crippen molar-refractivity contribution in [1.82, 2.24) is 4.90 Å². The minimum atomic E-state index is -0.644. The van der Waals surface area contributed by atoms with Crippen LogP contribution in [0.15, 0.2) is 54.6 Å². The van der Waals surface area contributed by atoms with Gasteiger partial charge in [-0.1, -0.05) is 54.6 Å². The Labute approximate surface area is 172 Å². The lowest BCUT2D eigenvalue weighted by Crippen LogP contribution is -2.51. The number of amides is 1. The van der Waals surface area contributed by atoms with E-state index in [-0.39, 0.29) is 5.92 Å². The van der Waals surface area contributed by atoms with Crippen molar-refractivity contribution in [3.8, 4) is 11.1 Å². The zero-order valence-corrected chi connectivity index (χ0v) is 17.6. The number of ether oxygens (including phenoxy) is 2. The fraction of sp³-hybridized carbons (Fsp3) is 0.417. The molecule has 0 unspecified atom stereocenters. The van der Waals surface area contributed by atoms with Crippen LogP contribution in [0.4, 0.5) is 4.79 Å². The molecule has 1 heterocycles. The number of esters is 1. The van der Waals surface area contributed by atoms with Crippen LogP contribution in [0.5, 0.6) is 0 Å². The molecule has 5 nitrogen and oxygen atoms in total. The van der Waals surface area contributed by atoms with Gasteiger partial charge in [0.05, 0.1) is 7.11 Å². The molecule has 1 amide bonds. The maximum atomic E-state index is 12.6. The number of hydrogen-bond donors (Lipinski definition) is 0. The first-order valence-electron chi connectivity index (χ1n) is 10.0. The molecule has 1 aliphatic rings. The van der Waals surface area contributed by atoms with Gasteiger partial charge in [0.2, 0.25) is 0 Å². The van der Waals surface area contributed by atoms with Crippen molar-refractivity contribution >= 4 is 12.1 Å². The zero-order chi connectivity index (χ0) is 21.0. The van der Waals surface area contributed by atoms with Crippen molar-refractivity contribution < 1.29 is 19.1 Å². The van der Waals surface area contributed by atoms with Crippen LogP contribution in [0, 0.1) is 0 Å². The Bertz CT molecular complexity index is 857. The van der Waals surface area contributed by atoms with Crippen molar-refractivity contribution in [3.05, 3.63) is 60.2 Å². The second-order valence-electron chi connectivity index (χ2n) is 8.43. The lowest BCUT2D eigenvalue weighted by molar-refractivity contribution is -0.148. The third-order valence-electron chi connectivity index (χ3n) is 5.17. The summed E-state index contributed by atoms with van der Waals surface area (Å²) >= 11 is 0. The van der Waals surface area contributed by atoms with E-state index in [1.54, 1.807) is 0 Å². The van der Waals surface area contributed by atoms with E-state index in [9.17, 15) is 9.59 Å². The molecule has 2 aromatic carbocycles. The van der Waals surface area contributed by atoms with E-state index in [0.29, 0.717) is 13.0 Å². The van der Waals surface area contributed by atoms with Gasteiger partial charge in [0.25, 0.3) is 0 Å². The highest BCUT2D eigenvalue weighted by atomic mass is 16.6. The number of carbonyl (C=O) groups is 2. The molecule has 5 heteroatoms. The summed E-state index contributed by atoms with van der Waals surface area (Å²) in [6.45, 7) is 5.91. The van der Waals surface area contributed by atoms with Crippen LogP contribution in [0.3, 0.4) is 0 Å². The van der Waals surface area contributed by atoms with E-state index in [2.05, 4.69) is 30.3 Å². The highest BCUT2D eigenvalue weighted by Gasteiger charge is 2.39. The number of likely N-dealkylation sites (tertiary alicyclic amines) is 1. The molecule has 3 rings (SSSR count). The summed E-state index contributed by atoms with van der Waals surface area (Å²) in [7, 11) is 1.36. The Kier molecular flexibility index (Phi) is 6.26. The largest absolute Gasteiger partial charge is 0.467 e. The van der Waals surface area contributed by atoms with Crippen molar-refractivity contribution in [2.75, 3.05) is 13.7 Å². The van der Waals surface area contributed by atoms with Gasteiger partial charge >= 0.3 is 12.1 Å². The van der Waals surface area contributed by atoms with Crippen LogP contribution < -0.4 is 0 Å². The molecule has 1 fully saturated rings. The van der Waals surface area contributed by atoms with E-state index in [4.69, 9.17) is 9.47 Å². The molecule has 0 N–H and O–H groups in total. The number of nitrogens with zero attached hydrogens (tertiary/aromatic N) is 1. The molecular formula is C24H29NO4. The van der Waals surface area contributed by atoms with Gasteiger partial charge in [-0.15, -0.1) is 0 Å².